The molecule has 1 unspecified atom stereocenters. The number of rotatable bonds is 3. The first kappa shape index (κ1) is 11.3. The van der Waals surface area contributed by atoms with Crippen molar-refractivity contribution in [3.63, 3.8) is 0 Å². The van der Waals surface area contributed by atoms with E-state index in [0.717, 1.165) is 6.42 Å². The van der Waals surface area contributed by atoms with E-state index in [1.54, 1.807) is 7.05 Å². The smallest absolute Gasteiger partial charge is 0.282 e. The van der Waals surface area contributed by atoms with Gasteiger partial charge in [-0.15, -0.1) is 10.2 Å². The molecule has 1 fully saturated rings. The number of nitrogens with zero attached hydrogens (tertiary/aromatic N) is 2. The molecule has 16 heavy (non-hydrogen) atoms. The van der Waals surface area contributed by atoms with Gasteiger partial charge in [0.15, 0.2) is 0 Å². The highest BCUT2D eigenvalue weighted by Crippen LogP contribution is 2.20. The van der Waals surface area contributed by atoms with E-state index in [0.29, 0.717) is 23.4 Å². The lowest BCUT2D eigenvalue weighted by molar-refractivity contribution is 0.0889. The predicted octanol–water partition coefficient (Wildman–Crippen LogP) is 0.489. The number of carbonyl (C=O) groups is 1. The summed E-state index contributed by atoms with van der Waals surface area (Å²) < 4.78 is 5.26. The number of aromatic nitrogens is 2. The van der Waals surface area contributed by atoms with Crippen molar-refractivity contribution in [3.8, 4) is 0 Å². The van der Waals surface area contributed by atoms with Gasteiger partial charge in [-0.05, 0) is 13.3 Å². The number of anilines is 1. The molecule has 1 aromatic rings. The van der Waals surface area contributed by atoms with Crippen molar-refractivity contribution in [3.05, 3.63) is 5.01 Å². The first-order chi connectivity index (χ1) is 7.63. The second kappa shape index (κ2) is 4.34. The molecular formula is C9H14N4O2S. The molecule has 0 saturated carbocycles. The molecule has 1 atom stereocenters. The summed E-state index contributed by atoms with van der Waals surface area (Å²) in [7, 11) is 1.74. The van der Waals surface area contributed by atoms with Gasteiger partial charge in [-0.3, -0.25) is 4.79 Å². The Bertz CT molecular complexity index is 387. The van der Waals surface area contributed by atoms with E-state index in [9.17, 15) is 4.79 Å². The van der Waals surface area contributed by atoms with Crippen molar-refractivity contribution in [2.24, 2.45) is 0 Å². The summed E-state index contributed by atoms with van der Waals surface area (Å²) in [5.41, 5.74) is -0.275. The van der Waals surface area contributed by atoms with E-state index in [2.05, 4.69) is 20.8 Å². The molecule has 0 bridgehead atoms. The van der Waals surface area contributed by atoms with Crippen molar-refractivity contribution in [2.75, 3.05) is 25.6 Å². The molecule has 1 saturated heterocycles. The predicted molar refractivity (Wildman–Crippen MR) is 60.8 cm³/mol. The van der Waals surface area contributed by atoms with Crippen LogP contribution in [-0.4, -0.2) is 41.9 Å². The van der Waals surface area contributed by atoms with Crippen LogP contribution in [0.3, 0.4) is 0 Å². The summed E-state index contributed by atoms with van der Waals surface area (Å²) in [6.45, 7) is 3.21. The van der Waals surface area contributed by atoms with E-state index in [4.69, 9.17) is 4.74 Å². The van der Waals surface area contributed by atoms with Crippen molar-refractivity contribution < 1.29 is 9.53 Å². The van der Waals surface area contributed by atoms with Crippen LogP contribution in [0.2, 0.25) is 0 Å². The summed E-state index contributed by atoms with van der Waals surface area (Å²) in [6, 6.07) is 0. The van der Waals surface area contributed by atoms with Gasteiger partial charge < -0.3 is 15.4 Å². The summed E-state index contributed by atoms with van der Waals surface area (Å²) in [6.07, 6.45) is 0.830. The Hall–Kier alpha value is -1.21. The lowest BCUT2D eigenvalue weighted by atomic mass is 10.0. The highest BCUT2D eigenvalue weighted by molar-refractivity contribution is 7.17. The van der Waals surface area contributed by atoms with Crippen molar-refractivity contribution >= 4 is 22.4 Å². The number of nitrogens with one attached hydrogen (secondary N) is 2. The minimum absolute atomic E-state index is 0.188. The van der Waals surface area contributed by atoms with E-state index < -0.39 is 0 Å². The molecular weight excluding hydrogens is 228 g/mol. The molecule has 2 N–H and O–H groups in total. The number of amides is 1. The Morgan fingerprint density at radius 2 is 2.38 bits per heavy atom. The van der Waals surface area contributed by atoms with Gasteiger partial charge in [0, 0.05) is 13.7 Å². The van der Waals surface area contributed by atoms with Crippen LogP contribution in [0.1, 0.15) is 23.1 Å². The molecule has 0 spiro atoms. The zero-order valence-corrected chi connectivity index (χ0v) is 10.1. The molecule has 1 aromatic heterocycles. The maximum absolute atomic E-state index is 11.8. The number of ether oxygens (including phenoxy) is 1. The minimum Gasteiger partial charge on any atom is -0.379 e. The van der Waals surface area contributed by atoms with Gasteiger partial charge in [-0.1, -0.05) is 11.3 Å². The van der Waals surface area contributed by atoms with Crippen LogP contribution < -0.4 is 10.6 Å². The highest BCUT2D eigenvalue weighted by Gasteiger charge is 2.32. The molecule has 0 radical (unpaired) electrons. The van der Waals surface area contributed by atoms with Crippen molar-refractivity contribution in [1.82, 2.24) is 15.5 Å². The van der Waals surface area contributed by atoms with Crippen LogP contribution >= 0.6 is 11.3 Å². The molecule has 6 nitrogen and oxygen atoms in total. The van der Waals surface area contributed by atoms with Gasteiger partial charge in [-0.2, -0.15) is 0 Å². The van der Waals surface area contributed by atoms with Crippen LogP contribution in [0.15, 0.2) is 0 Å². The summed E-state index contributed by atoms with van der Waals surface area (Å²) >= 11 is 1.24. The molecule has 2 rings (SSSR count). The average Bonchev–Trinajstić information content (AvgIpc) is 2.86. The minimum atomic E-state index is -0.275. The van der Waals surface area contributed by atoms with Crippen LogP contribution in [-0.2, 0) is 4.74 Å². The van der Waals surface area contributed by atoms with Crippen molar-refractivity contribution in [2.45, 2.75) is 18.9 Å². The quantitative estimate of drug-likeness (QED) is 0.806. The molecule has 0 aliphatic carbocycles. The Morgan fingerprint density at radius 3 is 2.94 bits per heavy atom. The van der Waals surface area contributed by atoms with Crippen molar-refractivity contribution in [1.29, 1.82) is 0 Å². The third-order valence-corrected chi connectivity index (χ3v) is 3.41. The van der Waals surface area contributed by atoms with Crippen LogP contribution in [0.25, 0.3) is 0 Å². The molecule has 7 heteroatoms. The van der Waals surface area contributed by atoms with Gasteiger partial charge in [0.2, 0.25) is 10.1 Å². The lowest BCUT2D eigenvalue weighted by Crippen LogP contribution is -2.46. The third-order valence-electron chi connectivity index (χ3n) is 2.47. The fourth-order valence-corrected chi connectivity index (χ4v) is 2.10. The van der Waals surface area contributed by atoms with E-state index in [-0.39, 0.29) is 11.4 Å². The van der Waals surface area contributed by atoms with Gasteiger partial charge in [0.05, 0.1) is 12.1 Å². The second-order valence-electron chi connectivity index (χ2n) is 3.98. The SMILES string of the molecule is CNc1nnc(C(=O)NC2(C)CCOC2)s1. The average molecular weight is 242 g/mol. The lowest BCUT2D eigenvalue weighted by Gasteiger charge is -2.22. The zero-order valence-electron chi connectivity index (χ0n) is 9.24. The number of carbonyl (C=O) groups excluding carboxylic acids is 1. The number of hydrogen-bond donors (Lipinski definition) is 2. The monoisotopic (exact) mass is 242 g/mol. The Morgan fingerprint density at radius 1 is 1.56 bits per heavy atom. The zero-order chi connectivity index (χ0) is 11.6. The molecule has 1 aliphatic heterocycles. The standard InChI is InChI=1S/C9H14N4O2S/c1-9(3-4-15-5-9)11-6(14)7-12-13-8(10-2)16-7/h3-5H2,1-2H3,(H,10,13)(H,11,14). The summed E-state index contributed by atoms with van der Waals surface area (Å²) in [4.78, 5) is 11.8. The van der Waals surface area contributed by atoms with Crippen LogP contribution in [0, 0.1) is 0 Å². The highest BCUT2D eigenvalue weighted by atomic mass is 32.1. The Labute approximate surface area is 97.4 Å². The van der Waals surface area contributed by atoms with Crippen LogP contribution in [0.4, 0.5) is 5.13 Å². The summed E-state index contributed by atoms with van der Waals surface area (Å²) in [5.74, 6) is -0.188. The maximum Gasteiger partial charge on any atom is 0.282 e. The topological polar surface area (TPSA) is 76.1 Å². The first-order valence-corrected chi connectivity index (χ1v) is 5.86. The molecule has 2 heterocycles. The molecule has 1 amide bonds. The Balaban J connectivity index is 2.02. The third kappa shape index (κ3) is 2.30. The van der Waals surface area contributed by atoms with Gasteiger partial charge in [0.1, 0.15) is 0 Å². The maximum atomic E-state index is 11.8. The van der Waals surface area contributed by atoms with Gasteiger partial charge in [-0.25, -0.2) is 0 Å². The molecule has 1 aliphatic rings. The largest absolute Gasteiger partial charge is 0.379 e. The van der Waals surface area contributed by atoms with Crippen LogP contribution in [0.5, 0.6) is 0 Å². The Kier molecular flexibility index (Phi) is 3.06. The van der Waals surface area contributed by atoms with E-state index in [1.807, 2.05) is 6.92 Å². The fraction of sp³-hybridized carbons (Fsp3) is 0.667. The summed E-state index contributed by atoms with van der Waals surface area (Å²) in [5, 5.41) is 14.4. The normalized spacial score (nSPS) is 24.4. The second-order valence-corrected chi connectivity index (χ2v) is 4.96. The van der Waals surface area contributed by atoms with Gasteiger partial charge in [0.25, 0.3) is 5.91 Å². The fourth-order valence-electron chi connectivity index (χ4n) is 1.51. The van der Waals surface area contributed by atoms with Gasteiger partial charge >= 0.3 is 0 Å². The number of hydrogen-bond acceptors (Lipinski definition) is 6. The molecule has 88 valence electrons. The molecule has 0 aromatic carbocycles. The van der Waals surface area contributed by atoms with E-state index >= 15 is 0 Å². The van der Waals surface area contributed by atoms with E-state index in [1.165, 1.54) is 11.3 Å². The first-order valence-electron chi connectivity index (χ1n) is 5.04.